The first kappa shape index (κ1) is 43.6. The van der Waals surface area contributed by atoms with Gasteiger partial charge in [0.2, 0.25) is 0 Å². The molecule has 3 aliphatic carbocycles. The maximum absolute atomic E-state index is 13.2. The third-order valence-corrected chi connectivity index (χ3v) is 14.6. The molecule has 4 N–H and O–H groups in total. The highest BCUT2D eigenvalue weighted by molar-refractivity contribution is 6.45. The number of carbonyl (C=O) groups excluding carboxylic acids is 2. The third-order valence-electron chi connectivity index (χ3n) is 14.6. The van der Waals surface area contributed by atoms with E-state index >= 15 is 0 Å². The molecular formula is C40H70B2N4O10. The smallest absolute Gasteiger partial charge is 0.457 e. The van der Waals surface area contributed by atoms with E-state index in [1.165, 1.54) is 26.4 Å². The highest BCUT2D eigenvalue weighted by Gasteiger charge is 2.67. The molecule has 3 saturated carbocycles. The molecule has 5 heterocycles. The van der Waals surface area contributed by atoms with E-state index in [4.69, 9.17) is 28.8 Å². The second kappa shape index (κ2) is 17.7. The Morgan fingerprint density at radius 2 is 1.55 bits per heavy atom. The van der Waals surface area contributed by atoms with Crippen LogP contribution in [0.1, 0.15) is 106 Å². The lowest BCUT2D eigenvalue weighted by molar-refractivity contribution is -0.199. The van der Waals surface area contributed by atoms with Crippen LogP contribution < -0.4 is 5.32 Å². The molecule has 0 spiro atoms. The summed E-state index contributed by atoms with van der Waals surface area (Å²) in [5, 5.41) is 30.2. The van der Waals surface area contributed by atoms with E-state index in [1.54, 1.807) is 4.90 Å². The second-order valence-electron chi connectivity index (χ2n) is 19.5. The molecule has 16 heteroatoms. The fraction of sp³-hybridized carbons (Fsp3) is 0.925. The van der Waals surface area contributed by atoms with Gasteiger partial charge in [-0.15, -0.1) is 0 Å². The molecule has 5 aliphatic heterocycles. The molecule has 0 aromatic rings. The number of amides is 1. The number of hydrogen-bond donors (Lipinski definition) is 4. The summed E-state index contributed by atoms with van der Waals surface area (Å²) in [4.78, 5) is 44.0. The third kappa shape index (κ3) is 9.26. The Kier molecular flexibility index (Phi) is 13.8. The van der Waals surface area contributed by atoms with Crippen molar-refractivity contribution in [2.45, 2.75) is 160 Å². The van der Waals surface area contributed by atoms with E-state index in [9.17, 15) is 19.5 Å². The van der Waals surface area contributed by atoms with Gasteiger partial charge in [-0.05, 0) is 135 Å². The molecule has 8 rings (SSSR count). The normalized spacial score (nSPS) is 36.5. The number of carboxylic acids is 1. The summed E-state index contributed by atoms with van der Waals surface area (Å²) < 4.78 is 24.0. The van der Waals surface area contributed by atoms with Gasteiger partial charge in [-0.1, -0.05) is 26.7 Å². The van der Waals surface area contributed by atoms with E-state index in [2.05, 4.69) is 35.9 Å². The van der Waals surface area contributed by atoms with Crippen molar-refractivity contribution in [1.82, 2.24) is 20.0 Å². The van der Waals surface area contributed by atoms with Crippen LogP contribution in [0.15, 0.2) is 0 Å². The van der Waals surface area contributed by atoms with E-state index in [-0.39, 0.29) is 48.7 Å². The number of nitrogens with one attached hydrogen (secondary N) is 1. The van der Waals surface area contributed by atoms with Crippen LogP contribution in [0.5, 0.6) is 0 Å². The van der Waals surface area contributed by atoms with E-state index < -0.39 is 36.9 Å². The highest BCUT2D eigenvalue weighted by Crippen LogP contribution is 2.65. The van der Waals surface area contributed by atoms with Gasteiger partial charge < -0.3 is 39.3 Å². The SMILES string of the molecule is COC(=O)[C@@H]1[C@H](CCCB2O[C@@H]3C[C@@H]4C[C@@H](C4(C)C)[C@]3(C)O2)[C@@H](N2CCCC2)CN1C(=O)OC(C)(C)C.O=C(O)[C@H]1NC[C@H](N2CCCC2)[C@H]1CCCB(O)O. The van der Waals surface area contributed by atoms with Crippen molar-refractivity contribution in [2.75, 3.05) is 46.4 Å². The Bertz CT molecular complexity index is 1370. The number of ether oxygens (including phenoxy) is 2. The predicted molar refractivity (Wildman–Crippen MR) is 213 cm³/mol. The van der Waals surface area contributed by atoms with Crippen LogP contribution in [0.3, 0.4) is 0 Å². The molecule has 316 valence electrons. The highest BCUT2D eigenvalue weighted by atomic mass is 16.7. The number of nitrogens with zero attached hydrogens (tertiary/aromatic N) is 3. The van der Waals surface area contributed by atoms with Gasteiger partial charge in [0.15, 0.2) is 0 Å². The lowest BCUT2D eigenvalue weighted by Crippen LogP contribution is -2.65. The fourth-order valence-corrected chi connectivity index (χ4v) is 11.6. The van der Waals surface area contributed by atoms with E-state index in [1.807, 2.05) is 20.8 Å². The van der Waals surface area contributed by atoms with Crippen LogP contribution in [-0.2, 0) is 28.4 Å². The van der Waals surface area contributed by atoms with Gasteiger partial charge in [0.25, 0.3) is 0 Å². The minimum absolute atomic E-state index is 0.0101. The van der Waals surface area contributed by atoms with Crippen molar-refractivity contribution in [3.63, 3.8) is 0 Å². The Morgan fingerprint density at radius 3 is 2.12 bits per heavy atom. The van der Waals surface area contributed by atoms with Gasteiger partial charge >= 0.3 is 32.3 Å². The zero-order chi connectivity index (χ0) is 40.6. The summed E-state index contributed by atoms with van der Waals surface area (Å²) in [5.41, 5.74) is -0.496. The molecule has 0 aromatic heterocycles. The quantitative estimate of drug-likeness (QED) is 0.167. The van der Waals surface area contributed by atoms with Gasteiger partial charge in [0, 0.05) is 37.0 Å². The number of likely N-dealkylation sites (tertiary alicyclic amines) is 3. The van der Waals surface area contributed by atoms with Gasteiger partial charge in [0.1, 0.15) is 17.7 Å². The van der Waals surface area contributed by atoms with Crippen LogP contribution in [0, 0.1) is 29.1 Å². The summed E-state index contributed by atoms with van der Waals surface area (Å²) in [6.07, 6.45) is 10.9. The molecule has 14 nitrogen and oxygen atoms in total. The van der Waals surface area contributed by atoms with Gasteiger partial charge in [-0.3, -0.25) is 19.5 Å². The van der Waals surface area contributed by atoms with Crippen molar-refractivity contribution in [3.05, 3.63) is 0 Å². The summed E-state index contributed by atoms with van der Waals surface area (Å²) in [5.74, 6) is 0.188. The van der Waals surface area contributed by atoms with Gasteiger partial charge in [-0.25, -0.2) is 9.59 Å². The molecule has 10 atom stereocenters. The maximum Gasteiger partial charge on any atom is 0.457 e. The molecule has 5 saturated heterocycles. The molecule has 56 heavy (non-hydrogen) atoms. The van der Waals surface area contributed by atoms with Crippen LogP contribution in [-0.4, -0.2) is 150 Å². The number of aliphatic carboxylic acids is 1. The lowest BCUT2D eigenvalue weighted by atomic mass is 9.43. The van der Waals surface area contributed by atoms with Gasteiger partial charge in [-0.2, -0.15) is 0 Å². The Hall–Kier alpha value is -1.94. The Balaban J connectivity index is 0.000000235. The van der Waals surface area contributed by atoms with Crippen molar-refractivity contribution >= 4 is 32.3 Å². The molecule has 1 amide bonds. The number of esters is 1. The molecular weight excluding hydrogens is 718 g/mol. The Morgan fingerprint density at radius 1 is 0.929 bits per heavy atom. The molecule has 0 aromatic carbocycles. The van der Waals surface area contributed by atoms with Crippen molar-refractivity contribution in [3.8, 4) is 0 Å². The van der Waals surface area contributed by atoms with E-state index in [0.717, 1.165) is 83.5 Å². The molecule has 0 radical (unpaired) electrons. The van der Waals surface area contributed by atoms with Crippen LogP contribution >= 0.6 is 0 Å². The van der Waals surface area contributed by atoms with Crippen molar-refractivity contribution in [2.24, 2.45) is 29.1 Å². The van der Waals surface area contributed by atoms with Gasteiger partial charge in [0.05, 0.1) is 18.8 Å². The first-order valence-electron chi connectivity index (χ1n) is 21.7. The number of methoxy groups -OCH3 is 1. The average molecular weight is 789 g/mol. The minimum atomic E-state index is -1.29. The average Bonchev–Trinajstić information content (AvgIpc) is 3.96. The first-order valence-corrected chi connectivity index (χ1v) is 21.7. The predicted octanol–water partition coefficient (Wildman–Crippen LogP) is 3.74. The number of rotatable bonds is 12. The van der Waals surface area contributed by atoms with Crippen molar-refractivity contribution < 1.29 is 48.3 Å². The Labute approximate surface area is 335 Å². The molecule has 0 unspecified atom stereocenters. The van der Waals surface area contributed by atoms with Crippen molar-refractivity contribution in [1.29, 1.82) is 0 Å². The number of carbonyl (C=O) groups is 3. The first-order chi connectivity index (χ1) is 26.4. The van der Waals surface area contributed by atoms with Crippen LogP contribution in [0.4, 0.5) is 4.79 Å². The second-order valence-corrected chi connectivity index (χ2v) is 19.5. The topological polar surface area (TPSA) is 171 Å². The fourth-order valence-electron chi connectivity index (χ4n) is 11.6. The number of hydrogen-bond acceptors (Lipinski definition) is 12. The molecule has 8 fully saturated rings. The molecule has 8 aliphatic rings. The summed E-state index contributed by atoms with van der Waals surface area (Å²) in [6.45, 7) is 17.9. The zero-order valence-electron chi connectivity index (χ0n) is 35.1. The summed E-state index contributed by atoms with van der Waals surface area (Å²) in [6, 6.07) is -0.734. The number of carboxylic acid groups (broad SMARTS) is 1. The molecule has 2 bridgehead atoms. The van der Waals surface area contributed by atoms with E-state index in [0.29, 0.717) is 30.6 Å². The standard InChI is InChI=1S/C28H47BN2O6.C12H23BN2O4/c1-26(2,3)35-25(33)31-17-20(30-13-8-9-14-30)19(23(31)24(32)34-7)11-10-12-29-36-22-16-18-15-21(27(18,4)5)28(22,6)37-29;16-12(17)11-9(4-3-5-13(18)19)10(8-14-11)15-6-1-2-7-15/h18-23H,8-17H2,1-7H3;9-11,14,18-19H,1-8H2,(H,16,17)/t18-,19+,20-,21-,22+,23-,28-;9-,10+,11+/m01/s1. The van der Waals surface area contributed by atoms with Crippen LogP contribution in [0.25, 0.3) is 0 Å². The maximum atomic E-state index is 13.2. The minimum Gasteiger partial charge on any atom is -0.480 e. The van der Waals surface area contributed by atoms with Crippen LogP contribution in [0.2, 0.25) is 12.6 Å². The monoisotopic (exact) mass is 789 g/mol. The summed E-state index contributed by atoms with van der Waals surface area (Å²) >= 11 is 0. The lowest BCUT2D eigenvalue weighted by Gasteiger charge is -2.64. The summed E-state index contributed by atoms with van der Waals surface area (Å²) in [7, 11) is -0.0799. The largest absolute Gasteiger partial charge is 0.480 e. The zero-order valence-corrected chi connectivity index (χ0v) is 35.1.